The molecule has 2 nitrogen and oxygen atoms in total. The fourth-order valence-electron chi connectivity index (χ4n) is 2.15. The zero-order valence-corrected chi connectivity index (χ0v) is 9.11. The second-order valence-corrected chi connectivity index (χ2v) is 5.21. The van der Waals surface area contributed by atoms with Crippen LogP contribution in [0.15, 0.2) is 0 Å². The first-order chi connectivity index (χ1) is 6.45. The standard InChI is InChI=1S/C10H20N2S/c1-2-6-12(5-1)7-3-10-9-13-8-4-11-10/h10-11H,1-9H2. The highest BCUT2D eigenvalue weighted by Gasteiger charge is 2.16. The van der Waals surface area contributed by atoms with Gasteiger partial charge in [0.25, 0.3) is 0 Å². The van der Waals surface area contributed by atoms with Gasteiger partial charge >= 0.3 is 0 Å². The Morgan fingerprint density at radius 2 is 2.15 bits per heavy atom. The molecule has 1 N–H and O–H groups in total. The van der Waals surface area contributed by atoms with E-state index in [1.165, 1.54) is 56.9 Å². The van der Waals surface area contributed by atoms with E-state index in [4.69, 9.17) is 0 Å². The van der Waals surface area contributed by atoms with Crippen molar-refractivity contribution in [2.75, 3.05) is 37.7 Å². The van der Waals surface area contributed by atoms with E-state index < -0.39 is 0 Å². The summed E-state index contributed by atoms with van der Waals surface area (Å²) in [5, 5.41) is 3.60. The lowest BCUT2D eigenvalue weighted by molar-refractivity contribution is 0.315. The predicted octanol–water partition coefficient (Wildman–Crippen LogP) is 1.18. The van der Waals surface area contributed by atoms with Crippen molar-refractivity contribution in [3.63, 3.8) is 0 Å². The summed E-state index contributed by atoms with van der Waals surface area (Å²) >= 11 is 2.10. The zero-order valence-electron chi connectivity index (χ0n) is 8.30. The molecule has 2 fully saturated rings. The monoisotopic (exact) mass is 200 g/mol. The van der Waals surface area contributed by atoms with Crippen LogP contribution in [-0.2, 0) is 0 Å². The maximum Gasteiger partial charge on any atom is 0.0170 e. The van der Waals surface area contributed by atoms with Gasteiger partial charge in [0.05, 0.1) is 0 Å². The quantitative estimate of drug-likeness (QED) is 0.736. The van der Waals surface area contributed by atoms with Crippen LogP contribution >= 0.6 is 11.8 Å². The Kier molecular flexibility index (Phi) is 3.94. The average Bonchev–Trinajstić information content (AvgIpc) is 2.69. The Labute approximate surface area is 85.4 Å². The first-order valence-corrected chi connectivity index (χ1v) is 6.64. The first-order valence-electron chi connectivity index (χ1n) is 5.48. The average molecular weight is 200 g/mol. The summed E-state index contributed by atoms with van der Waals surface area (Å²) in [6, 6.07) is 0.791. The fourth-order valence-corrected chi connectivity index (χ4v) is 3.15. The molecule has 0 aromatic heterocycles. The lowest BCUT2D eigenvalue weighted by Gasteiger charge is -2.25. The molecule has 2 aliphatic rings. The van der Waals surface area contributed by atoms with Gasteiger partial charge in [0.1, 0.15) is 0 Å². The lowest BCUT2D eigenvalue weighted by Crippen LogP contribution is -2.39. The van der Waals surface area contributed by atoms with E-state index in [1.54, 1.807) is 0 Å². The fraction of sp³-hybridized carbons (Fsp3) is 1.00. The topological polar surface area (TPSA) is 15.3 Å². The molecule has 13 heavy (non-hydrogen) atoms. The summed E-state index contributed by atoms with van der Waals surface area (Å²) in [6.45, 7) is 5.23. The van der Waals surface area contributed by atoms with E-state index in [1.807, 2.05) is 0 Å². The number of rotatable bonds is 3. The molecular weight excluding hydrogens is 180 g/mol. The Balaban J connectivity index is 1.60. The Morgan fingerprint density at radius 3 is 2.85 bits per heavy atom. The first kappa shape index (κ1) is 9.81. The summed E-state index contributed by atoms with van der Waals surface area (Å²) in [6.07, 6.45) is 4.20. The minimum atomic E-state index is 0.791. The van der Waals surface area contributed by atoms with E-state index in [0.717, 1.165) is 6.04 Å². The minimum Gasteiger partial charge on any atom is -0.312 e. The second kappa shape index (κ2) is 5.23. The van der Waals surface area contributed by atoms with Crippen molar-refractivity contribution in [3.05, 3.63) is 0 Å². The van der Waals surface area contributed by atoms with Crippen molar-refractivity contribution in [1.82, 2.24) is 10.2 Å². The van der Waals surface area contributed by atoms with Gasteiger partial charge in [0.15, 0.2) is 0 Å². The number of nitrogens with one attached hydrogen (secondary N) is 1. The highest BCUT2D eigenvalue weighted by molar-refractivity contribution is 7.99. The van der Waals surface area contributed by atoms with Gasteiger partial charge in [0.2, 0.25) is 0 Å². The van der Waals surface area contributed by atoms with E-state index in [-0.39, 0.29) is 0 Å². The molecule has 0 bridgehead atoms. The van der Waals surface area contributed by atoms with Crippen LogP contribution in [0.3, 0.4) is 0 Å². The third-order valence-electron chi connectivity index (χ3n) is 2.99. The van der Waals surface area contributed by atoms with E-state index in [0.29, 0.717) is 0 Å². The summed E-state index contributed by atoms with van der Waals surface area (Å²) in [4.78, 5) is 2.61. The summed E-state index contributed by atoms with van der Waals surface area (Å²) in [5.41, 5.74) is 0. The molecule has 0 aliphatic carbocycles. The van der Waals surface area contributed by atoms with Crippen molar-refractivity contribution in [2.24, 2.45) is 0 Å². The van der Waals surface area contributed by atoms with Crippen LogP contribution in [-0.4, -0.2) is 48.6 Å². The molecule has 0 radical (unpaired) electrons. The minimum absolute atomic E-state index is 0.791. The van der Waals surface area contributed by atoms with Gasteiger partial charge in [-0.1, -0.05) is 0 Å². The normalized spacial score (nSPS) is 30.9. The molecule has 2 heterocycles. The molecule has 2 saturated heterocycles. The summed E-state index contributed by atoms with van der Waals surface area (Å²) in [5.74, 6) is 2.63. The van der Waals surface area contributed by atoms with Gasteiger partial charge in [-0.05, 0) is 38.9 Å². The van der Waals surface area contributed by atoms with E-state index >= 15 is 0 Å². The molecule has 1 unspecified atom stereocenters. The number of hydrogen-bond donors (Lipinski definition) is 1. The van der Waals surface area contributed by atoms with Gasteiger partial charge in [-0.15, -0.1) is 0 Å². The summed E-state index contributed by atoms with van der Waals surface area (Å²) in [7, 11) is 0. The van der Waals surface area contributed by atoms with Crippen LogP contribution in [0.1, 0.15) is 19.3 Å². The summed E-state index contributed by atoms with van der Waals surface area (Å²) < 4.78 is 0. The van der Waals surface area contributed by atoms with Crippen molar-refractivity contribution < 1.29 is 0 Å². The third-order valence-corrected chi connectivity index (χ3v) is 4.12. The molecule has 76 valence electrons. The van der Waals surface area contributed by atoms with Crippen molar-refractivity contribution in [2.45, 2.75) is 25.3 Å². The van der Waals surface area contributed by atoms with Crippen LogP contribution in [0.2, 0.25) is 0 Å². The maximum atomic E-state index is 3.60. The Hall–Kier alpha value is 0.270. The highest BCUT2D eigenvalue weighted by atomic mass is 32.2. The largest absolute Gasteiger partial charge is 0.312 e. The molecule has 0 aromatic carbocycles. The number of likely N-dealkylation sites (tertiary alicyclic amines) is 1. The van der Waals surface area contributed by atoms with Crippen LogP contribution in [0.4, 0.5) is 0 Å². The Bertz CT molecular complexity index is 140. The van der Waals surface area contributed by atoms with Gasteiger partial charge in [-0.25, -0.2) is 0 Å². The van der Waals surface area contributed by atoms with Crippen molar-refractivity contribution >= 4 is 11.8 Å². The predicted molar refractivity (Wildman–Crippen MR) is 59.4 cm³/mol. The number of nitrogens with zero attached hydrogens (tertiary/aromatic N) is 1. The van der Waals surface area contributed by atoms with Crippen LogP contribution in [0.5, 0.6) is 0 Å². The van der Waals surface area contributed by atoms with Crippen LogP contribution in [0.25, 0.3) is 0 Å². The van der Waals surface area contributed by atoms with Crippen LogP contribution in [0, 0.1) is 0 Å². The van der Waals surface area contributed by atoms with Crippen molar-refractivity contribution in [1.29, 1.82) is 0 Å². The molecule has 3 heteroatoms. The molecule has 0 amide bonds. The van der Waals surface area contributed by atoms with Crippen molar-refractivity contribution in [3.8, 4) is 0 Å². The van der Waals surface area contributed by atoms with E-state index in [9.17, 15) is 0 Å². The smallest absolute Gasteiger partial charge is 0.0170 e. The van der Waals surface area contributed by atoms with E-state index in [2.05, 4.69) is 22.0 Å². The van der Waals surface area contributed by atoms with Crippen LogP contribution < -0.4 is 5.32 Å². The van der Waals surface area contributed by atoms with Gasteiger partial charge in [-0.2, -0.15) is 11.8 Å². The van der Waals surface area contributed by atoms with Gasteiger partial charge in [0, 0.05) is 24.1 Å². The SMILES string of the molecule is C1CCN(CCC2CSCCN2)C1. The maximum absolute atomic E-state index is 3.60. The third kappa shape index (κ3) is 3.15. The highest BCUT2D eigenvalue weighted by Crippen LogP contribution is 2.13. The van der Waals surface area contributed by atoms with Gasteiger partial charge < -0.3 is 10.2 Å². The second-order valence-electron chi connectivity index (χ2n) is 4.06. The lowest BCUT2D eigenvalue weighted by atomic mass is 10.2. The Morgan fingerprint density at radius 1 is 1.31 bits per heavy atom. The zero-order chi connectivity index (χ0) is 8.93. The molecule has 0 saturated carbocycles. The number of hydrogen-bond acceptors (Lipinski definition) is 3. The molecule has 0 aromatic rings. The molecule has 0 spiro atoms. The molecular formula is C10H20N2S. The molecule has 2 aliphatic heterocycles. The molecule has 2 rings (SSSR count). The number of thioether (sulfide) groups is 1. The molecule has 1 atom stereocenters. The van der Waals surface area contributed by atoms with Gasteiger partial charge in [-0.3, -0.25) is 0 Å².